The van der Waals surface area contributed by atoms with E-state index in [0.717, 1.165) is 52.1 Å². The number of ether oxygens (including phenoxy) is 1. The van der Waals surface area contributed by atoms with E-state index < -0.39 is 0 Å². The highest BCUT2D eigenvalue weighted by atomic mass is 16.5. The van der Waals surface area contributed by atoms with E-state index in [4.69, 9.17) is 4.74 Å². The van der Waals surface area contributed by atoms with Crippen molar-refractivity contribution in [2.24, 2.45) is 0 Å². The van der Waals surface area contributed by atoms with Gasteiger partial charge in [-0.1, -0.05) is 42.5 Å². The molecule has 166 valence electrons. The van der Waals surface area contributed by atoms with Crippen LogP contribution in [0.15, 0.2) is 54.6 Å². The van der Waals surface area contributed by atoms with E-state index in [1.165, 1.54) is 5.56 Å². The van der Waals surface area contributed by atoms with Gasteiger partial charge in [-0.3, -0.25) is 14.6 Å². The summed E-state index contributed by atoms with van der Waals surface area (Å²) in [5.41, 5.74) is 1.77. The van der Waals surface area contributed by atoms with Gasteiger partial charge in [0.05, 0.1) is 25.4 Å². The zero-order valence-electron chi connectivity index (χ0n) is 18.3. The molecule has 2 N–H and O–H groups in total. The number of β-amino-alcohol motifs (C(OH)–C–C–N with tert-alkyl or cyclic N) is 1. The number of methoxy groups -OCH3 is 1. The number of nitrogens with one attached hydrogen (secondary N) is 1. The molecule has 0 saturated carbocycles. The van der Waals surface area contributed by atoms with E-state index in [9.17, 15) is 9.90 Å². The van der Waals surface area contributed by atoms with Gasteiger partial charge in [0.2, 0.25) is 0 Å². The maximum atomic E-state index is 12.9. The number of aliphatic hydroxyl groups is 1. The van der Waals surface area contributed by atoms with Gasteiger partial charge in [-0.15, -0.1) is 0 Å². The lowest BCUT2D eigenvalue weighted by Gasteiger charge is -2.43. The van der Waals surface area contributed by atoms with E-state index in [2.05, 4.69) is 39.4 Å². The van der Waals surface area contributed by atoms with Crippen LogP contribution >= 0.6 is 0 Å². The summed E-state index contributed by atoms with van der Waals surface area (Å²) in [4.78, 5) is 17.7. The summed E-state index contributed by atoms with van der Waals surface area (Å²) < 4.78 is 5.36. The van der Waals surface area contributed by atoms with Crippen LogP contribution in [0, 0.1) is 0 Å². The molecule has 1 atom stereocenters. The fourth-order valence-electron chi connectivity index (χ4n) is 4.88. The number of rotatable bonds is 7. The monoisotopic (exact) mass is 423 g/mol. The van der Waals surface area contributed by atoms with Crippen LogP contribution < -0.4 is 10.1 Å². The topological polar surface area (TPSA) is 65.0 Å². The summed E-state index contributed by atoms with van der Waals surface area (Å²) in [6.45, 7) is 5.21. The van der Waals surface area contributed by atoms with Gasteiger partial charge in [-0.05, 0) is 37.0 Å². The van der Waals surface area contributed by atoms with E-state index in [1.54, 1.807) is 13.2 Å². The number of carbonyl (C=O) groups is 1. The molecule has 2 saturated heterocycles. The summed E-state index contributed by atoms with van der Waals surface area (Å²) >= 11 is 0. The smallest absolute Gasteiger partial charge is 0.255 e. The number of benzene rings is 2. The van der Waals surface area contributed by atoms with E-state index in [0.29, 0.717) is 17.9 Å². The van der Waals surface area contributed by atoms with Crippen molar-refractivity contribution in [3.05, 3.63) is 65.7 Å². The second kappa shape index (κ2) is 9.81. The minimum absolute atomic E-state index is 0.0834. The lowest BCUT2D eigenvalue weighted by Crippen LogP contribution is -2.51. The average molecular weight is 424 g/mol. The number of amides is 1. The quantitative estimate of drug-likeness (QED) is 0.716. The maximum absolute atomic E-state index is 12.9. The number of hydrogen-bond donors (Lipinski definition) is 2. The van der Waals surface area contributed by atoms with Crippen LogP contribution in [0.4, 0.5) is 0 Å². The molecule has 1 amide bonds. The molecule has 0 spiro atoms. The highest BCUT2D eigenvalue weighted by Crippen LogP contribution is 2.35. The number of likely N-dealkylation sites (tertiary alicyclic amines) is 2. The first kappa shape index (κ1) is 21.8. The van der Waals surface area contributed by atoms with Gasteiger partial charge < -0.3 is 15.2 Å². The first-order valence-corrected chi connectivity index (χ1v) is 11.2. The summed E-state index contributed by atoms with van der Waals surface area (Å²) in [5.74, 6) is 0.498. The van der Waals surface area contributed by atoms with Crippen molar-refractivity contribution in [1.82, 2.24) is 15.1 Å². The van der Waals surface area contributed by atoms with Gasteiger partial charge in [-0.25, -0.2) is 0 Å². The molecule has 2 aliphatic heterocycles. The Morgan fingerprint density at radius 2 is 1.77 bits per heavy atom. The van der Waals surface area contributed by atoms with Gasteiger partial charge >= 0.3 is 0 Å². The van der Waals surface area contributed by atoms with Crippen LogP contribution in [0.2, 0.25) is 0 Å². The number of piperidine rings is 1. The molecule has 6 heteroatoms. The van der Waals surface area contributed by atoms with Gasteiger partial charge in [0.15, 0.2) is 0 Å². The van der Waals surface area contributed by atoms with Crippen LogP contribution in [0.1, 0.15) is 35.2 Å². The molecule has 4 rings (SSSR count). The van der Waals surface area contributed by atoms with Gasteiger partial charge in [0, 0.05) is 38.1 Å². The van der Waals surface area contributed by atoms with Crippen LogP contribution in [0.3, 0.4) is 0 Å². The number of nitrogens with zero attached hydrogens (tertiary/aromatic N) is 2. The summed E-state index contributed by atoms with van der Waals surface area (Å²) in [5, 5.41) is 13.0. The Balaban J connectivity index is 1.44. The normalized spacial score (nSPS) is 21.7. The predicted octanol–water partition coefficient (Wildman–Crippen LogP) is 2.48. The standard InChI is InChI=1S/C25H33N3O3/c1-31-23-10-6-5-9-22(23)24(30)26-18-25(20-7-3-2-4-8-20)12-15-27(16-13-25)19-28-14-11-21(29)17-28/h2-10,21,29H,11-19H2,1H3,(H,26,30)/t21-/m0/s1. The molecule has 2 fully saturated rings. The second-order valence-electron chi connectivity index (χ2n) is 8.81. The molecule has 2 aromatic carbocycles. The molecule has 31 heavy (non-hydrogen) atoms. The molecule has 0 unspecified atom stereocenters. The average Bonchev–Trinajstić information content (AvgIpc) is 3.23. The highest BCUT2D eigenvalue weighted by molar-refractivity contribution is 5.96. The Morgan fingerprint density at radius 3 is 2.45 bits per heavy atom. The fraction of sp³-hybridized carbons (Fsp3) is 0.480. The zero-order chi connectivity index (χ0) is 21.7. The molecule has 0 aromatic heterocycles. The molecule has 6 nitrogen and oxygen atoms in total. The van der Waals surface area contributed by atoms with Crippen molar-refractivity contribution in [3.63, 3.8) is 0 Å². The number of para-hydroxylation sites is 1. The Morgan fingerprint density at radius 1 is 1.06 bits per heavy atom. The Bertz CT molecular complexity index is 865. The molecule has 2 aliphatic rings. The second-order valence-corrected chi connectivity index (χ2v) is 8.81. The number of hydrogen-bond acceptors (Lipinski definition) is 5. The summed E-state index contributed by atoms with van der Waals surface area (Å²) in [6.07, 6.45) is 2.66. The lowest BCUT2D eigenvalue weighted by atomic mass is 9.72. The van der Waals surface area contributed by atoms with Crippen LogP contribution in [0.25, 0.3) is 0 Å². The predicted molar refractivity (Wildman–Crippen MR) is 121 cm³/mol. The summed E-state index contributed by atoms with van der Waals surface area (Å²) in [6, 6.07) is 17.9. The van der Waals surface area contributed by atoms with Crippen molar-refractivity contribution in [1.29, 1.82) is 0 Å². The molecule has 0 radical (unpaired) electrons. The molecule has 2 aromatic rings. The third-order valence-corrected chi connectivity index (χ3v) is 6.79. The van der Waals surface area contributed by atoms with E-state index in [-0.39, 0.29) is 17.4 Å². The third-order valence-electron chi connectivity index (χ3n) is 6.79. The third kappa shape index (κ3) is 5.09. The number of aliphatic hydroxyl groups excluding tert-OH is 1. The molecular formula is C25H33N3O3. The van der Waals surface area contributed by atoms with Crippen molar-refractivity contribution in [2.45, 2.75) is 30.8 Å². The lowest BCUT2D eigenvalue weighted by molar-refractivity contribution is 0.0810. The van der Waals surface area contributed by atoms with Gasteiger partial charge in [-0.2, -0.15) is 0 Å². The van der Waals surface area contributed by atoms with Crippen molar-refractivity contribution >= 4 is 5.91 Å². The first-order chi connectivity index (χ1) is 15.1. The van der Waals surface area contributed by atoms with Crippen molar-refractivity contribution in [3.8, 4) is 5.75 Å². The number of carbonyl (C=O) groups excluding carboxylic acids is 1. The highest BCUT2D eigenvalue weighted by Gasteiger charge is 2.37. The molecular weight excluding hydrogens is 390 g/mol. The minimum Gasteiger partial charge on any atom is -0.496 e. The summed E-state index contributed by atoms with van der Waals surface area (Å²) in [7, 11) is 1.59. The SMILES string of the molecule is COc1ccccc1C(=O)NCC1(c2ccccc2)CCN(CN2CC[C@H](O)C2)CC1. The largest absolute Gasteiger partial charge is 0.496 e. The van der Waals surface area contributed by atoms with E-state index >= 15 is 0 Å². The minimum atomic E-state index is -0.182. The molecule has 0 aliphatic carbocycles. The van der Waals surface area contributed by atoms with Crippen LogP contribution in [-0.2, 0) is 5.41 Å². The Labute approximate surface area is 184 Å². The molecule has 2 heterocycles. The van der Waals surface area contributed by atoms with Crippen LogP contribution in [0.5, 0.6) is 5.75 Å². The Hall–Kier alpha value is -2.41. The van der Waals surface area contributed by atoms with Gasteiger partial charge in [0.25, 0.3) is 5.91 Å². The maximum Gasteiger partial charge on any atom is 0.255 e. The van der Waals surface area contributed by atoms with Gasteiger partial charge in [0.1, 0.15) is 5.75 Å². The fourth-order valence-corrected chi connectivity index (χ4v) is 4.88. The first-order valence-electron chi connectivity index (χ1n) is 11.2. The van der Waals surface area contributed by atoms with Crippen molar-refractivity contribution < 1.29 is 14.6 Å². The van der Waals surface area contributed by atoms with E-state index in [1.807, 2.05) is 24.3 Å². The Kier molecular flexibility index (Phi) is 6.90. The van der Waals surface area contributed by atoms with Crippen molar-refractivity contribution in [2.75, 3.05) is 46.5 Å². The molecule has 0 bridgehead atoms. The van der Waals surface area contributed by atoms with Crippen LogP contribution in [-0.4, -0.2) is 73.4 Å². The zero-order valence-corrected chi connectivity index (χ0v) is 18.3.